The Morgan fingerprint density at radius 3 is 2.19 bits per heavy atom. The van der Waals surface area contributed by atoms with Crippen LogP contribution in [-0.4, -0.2) is 17.6 Å². The Hall–Kier alpha value is -2.95. The Morgan fingerprint density at radius 2 is 1.62 bits per heavy atom. The lowest BCUT2D eigenvalue weighted by molar-refractivity contribution is -0.114. The number of amides is 2. The first-order chi connectivity index (χ1) is 9.99. The van der Waals surface area contributed by atoms with Gasteiger partial charge in [0.25, 0.3) is 0 Å². The molecule has 0 aliphatic carbocycles. The summed E-state index contributed by atoms with van der Waals surface area (Å²) in [4.78, 5) is 35.0. The highest BCUT2D eigenvalue weighted by Gasteiger charge is 2.16. The van der Waals surface area contributed by atoms with E-state index in [-0.39, 0.29) is 22.8 Å². The molecule has 0 aliphatic heterocycles. The van der Waals surface area contributed by atoms with Crippen molar-refractivity contribution >= 4 is 23.3 Å². The fraction of sp³-hybridized carbons (Fsp3) is 0.0625. The number of nitrogens with one attached hydrogen (secondary N) is 1. The number of nitrogens with two attached hydrogens (primary N) is 1. The SMILES string of the molecule is CC(=O)Nc1ccc(C(N)=O)cc1C(=O)c1ccccc1. The molecule has 106 valence electrons. The molecule has 0 bridgehead atoms. The maximum absolute atomic E-state index is 12.5. The monoisotopic (exact) mass is 282 g/mol. The molecule has 5 nitrogen and oxygen atoms in total. The summed E-state index contributed by atoms with van der Waals surface area (Å²) in [5.74, 6) is -1.22. The number of carbonyl (C=O) groups is 3. The van der Waals surface area contributed by atoms with Gasteiger partial charge in [0.1, 0.15) is 0 Å². The van der Waals surface area contributed by atoms with Crippen LogP contribution >= 0.6 is 0 Å². The van der Waals surface area contributed by atoms with Gasteiger partial charge in [-0.3, -0.25) is 14.4 Å². The third-order valence-electron chi connectivity index (χ3n) is 2.90. The van der Waals surface area contributed by atoms with Gasteiger partial charge in [-0.2, -0.15) is 0 Å². The number of primary amides is 1. The lowest BCUT2D eigenvalue weighted by atomic mass is 9.99. The molecule has 5 heteroatoms. The van der Waals surface area contributed by atoms with E-state index in [1.54, 1.807) is 30.3 Å². The van der Waals surface area contributed by atoms with Gasteiger partial charge >= 0.3 is 0 Å². The van der Waals surface area contributed by atoms with Gasteiger partial charge in [0.2, 0.25) is 11.8 Å². The molecule has 0 atom stereocenters. The van der Waals surface area contributed by atoms with Crippen LogP contribution in [0.1, 0.15) is 33.2 Å². The highest BCUT2D eigenvalue weighted by Crippen LogP contribution is 2.21. The van der Waals surface area contributed by atoms with E-state index in [1.165, 1.54) is 25.1 Å². The maximum atomic E-state index is 12.5. The molecular weight excluding hydrogens is 268 g/mol. The second kappa shape index (κ2) is 6.00. The zero-order valence-corrected chi connectivity index (χ0v) is 11.4. The molecule has 0 heterocycles. The van der Waals surface area contributed by atoms with Crippen LogP contribution in [0.25, 0.3) is 0 Å². The predicted octanol–water partition coefficient (Wildman–Crippen LogP) is 1.97. The molecule has 0 saturated carbocycles. The van der Waals surface area contributed by atoms with Crippen LogP contribution in [0.2, 0.25) is 0 Å². The second-order valence-corrected chi connectivity index (χ2v) is 4.50. The van der Waals surface area contributed by atoms with Gasteiger partial charge in [-0.25, -0.2) is 0 Å². The van der Waals surface area contributed by atoms with Crippen molar-refractivity contribution in [3.63, 3.8) is 0 Å². The molecule has 0 unspecified atom stereocenters. The smallest absolute Gasteiger partial charge is 0.248 e. The van der Waals surface area contributed by atoms with Crippen LogP contribution in [0.15, 0.2) is 48.5 Å². The highest BCUT2D eigenvalue weighted by molar-refractivity contribution is 6.14. The average molecular weight is 282 g/mol. The van der Waals surface area contributed by atoms with E-state index in [0.29, 0.717) is 11.3 Å². The number of carbonyl (C=O) groups excluding carboxylic acids is 3. The normalized spacial score (nSPS) is 9.95. The predicted molar refractivity (Wildman–Crippen MR) is 79.1 cm³/mol. The second-order valence-electron chi connectivity index (χ2n) is 4.50. The minimum atomic E-state index is -0.633. The summed E-state index contributed by atoms with van der Waals surface area (Å²) in [6.45, 7) is 1.35. The molecule has 0 spiro atoms. The lowest BCUT2D eigenvalue weighted by Gasteiger charge is -2.10. The van der Waals surface area contributed by atoms with Crippen molar-refractivity contribution in [1.29, 1.82) is 0 Å². The summed E-state index contributed by atoms with van der Waals surface area (Å²) in [5.41, 5.74) is 6.49. The van der Waals surface area contributed by atoms with Gasteiger partial charge in [-0.15, -0.1) is 0 Å². The van der Waals surface area contributed by atoms with Crippen LogP contribution in [0, 0.1) is 0 Å². The topological polar surface area (TPSA) is 89.3 Å². The first-order valence-corrected chi connectivity index (χ1v) is 6.30. The Labute approximate surface area is 121 Å². The van der Waals surface area contributed by atoms with E-state index in [0.717, 1.165) is 0 Å². The van der Waals surface area contributed by atoms with Crippen molar-refractivity contribution in [1.82, 2.24) is 0 Å². The van der Waals surface area contributed by atoms with Gasteiger partial charge in [0, 0.05) is 23.6 Å². The molecule has 0 fully saturated rings. The van der Waals surface area contributed by atoms with E-state index >= 15 is 0 Å². The zero-order valence-electron chi connectivity index (χ0n) is 11.4. The summed E-state index contributed by atoms with van der Waals surface area (Å²) < 4.78 is 0. The Morgan fingerprint density at radius 1 is 0.952 bits per heavy atom. The Kier molecular flexibility index (Phi) is 4.13. The van der Waals surface area contributed by atoms with Crippen LogP contribution in [0.3, 0.4) is 0 Å². The number of ketones is 1. The van der Waals surface area contributed by atoms with E-state index in [4.69, 9.17) is 5.73 Å². The number of rotatable bonds is 4. The minimum Gasteiger partial charge on any atom is -0.366 e. The first-order valence-electron chi connectivity index (χ1n) is 6.30. The van der Waals surface area contributed by atoms with Crippen LogP contribution in [0.4, 0.5) is 5.69 Å². The maximum Gasteiger partial charge on any atom is 0.248 e. The lowest BCUT2D eigenvalue weighted by Crippen LogP contribution is -2.15. The molecular formula is C16H14N2O3. The minimum absolute atomic E-state index is 0.211. The zero-order chi connectivity index (χ0) is 15.4. The number of hydrogen-bond acceptors (Lipinski definition) is 3. The van der Waals surface area contributed by atoms with Gasteiger partial charge in [-0.05, 0) is 18.2 Å². The van der Waals surface area contributed by atoms with Crippen molar-refractivity contribution in [3.05, 3.63) is 65.2 Å². The Bertz CT molecular complexity index is 709. The number of anilines is 1. The van der Waals surface area contributed by atoms with Crippen molar-refractivity contribution in [2.24, 2.45) is 5.73 Å². The fourth-order valence-corrected chi connectivity index (χ4v) is 1.93. The summed E-state index contributed by atoms with van der Waals surface area (Å²) in [6.07, 6.45) is 0. The van der Waals surface area contributed by atoms with Crippen LogP contribution in [-0.2, 0) is 4.79 Å². The van der Waals surface area contributed by atoms with Crippen molar-refractivity contribution < 1.29 is 14.4 Å². The van der Waals surface area contributed by atoms with Gasteiger partial charge in [0.15, 0.2) is 5.78 Å². The quantitative estimate of drug-likeness (QED) is 0.840. The summed E-state index contributed by atoms with van der Waals surface area (Å²) in [7, 11) is 0. The van der Waals surface area contributed by atoms with E-state index < -0.39 is 5.91 Å². The van der Waals surface area contributed by atoms with Crippen LogP contribution < -0.4 is 11.1 Å². The summed E-state index contributed by atoms with van der Waals surface area (Å²) >= 11 is 0. The summed E-state index contributed by atoms with van der Waals surface area (Å²) in [6, 6.07) is 13.0. The van der Waals surface area contributed by atoms with E-state index in [9.17, 15) is 14.4 Å². The van der Waals surface area contributed by atoms with E-state index in [1.807, 2.05) is 0 Å². The molecule has 0 aliphatic rings. The van der Waals surface area contributed by atoms with Crippen molar-refractivity contribution in [2.75, 3.05) is 5.32 Å². The standard InChI is InChI=1S/C16H14N2O3/c1-10(19)18-14-8-7-12(16(17)21)9-13(14)15(20)11-5-3-2-4-6-11/h2-9H,1H3,(H2,17,21)(H,18,19). The molecule has 2 rings (SSSR count). The third-order valence-corrected chi connectivity index (χ3v) is 2.90. The molecule has 2 amide bonds. The first kappa shape index (κ1) is 14.5. The van der Waals surface area contributed by atoms with Gasteiger partial charge < -0.3 is 11.1 Å². The molecule has 21 heavy (non-hydrogen) atoms. The van der Waals surface area contributed by atoms with Gasteiger partial charge in [0.05, 0.1) is 5.69 Å². The molecule has 0 aromatic heterocycles. The van der Waals surface area contributed by atoms with Crippen molar-refractivity contribution in [3.8, 4) is 0 Å². The number of hydrogen-bond donors (Lipinski definition) is 2. The van der Waals surface area contributed by atoms with Gasteiger partial charge in [-0.1, -0.05) is 30.3 Å². The molecule has 2 aromatic carbocycles. The van der Waals surface area contributed by atoms with E-state index in [2.05, 4.69) is 5.32 Å². The number of benzene rings is 2. The molecule has 3 N–H and O–H groups in total. The average Bonchev–Trinajstić information content (AvgIpc) is 2.47. The Balaban J connectivity index is 2.52. The fourth-order valence-electron chi connectivity index (χ4n) is 1.93. The van der Waals surface area contributed by atoms with Crippen LogP contribution in [0.5, 0.6) is 0 Å². The third kappa shape index (κ3) is 3.33. The largest absolute Gasteiger partial charge is 0.366 e. The van der Waals surface area contributed by atoms with Crippen molar-refractivity contribution in [2.45, 2.75) is 6.92 Å². The molecule has 0 saturated heterocycles. The molecule has 0 radical (unpaired) electrons. The highest BCUT2D eigenvalue weighted by atomic mass is 16.2. The molecule has 2 aromatic rings. The summed E-state index contributed by atoms with van der Waals surface area (Å²) in [5, 5.41) is 2.58.